The minimum atomic E-state index is -0.544. The van der Waals surface area contributed by atoms with Crippen LogP contribution in [0.4, 0.5) is 0 Å². The summed E-state index contributed by atoms with van der Waals surface area (Å²) in [4.78, 5) is 32.3. The molecular weight excluding hydrogens is 196 g/mol. The molecule has 0 aliphatic carbocycles. The molecule has 0 aliphatic heterocycles. The summed E-state index contributed by atoms with van der Waals surface area (Å²) in [6.45, 7) is 1.64. The summed E-state index contributed by atoms with van der Waals surface area (Å²) in [6, 6.07) is 0. The number of H-pyrrole nitrogens is 2. The fourth-order valence-corrected chi connectivity index (χ4v) is 1.37. The first kappa shape index (κ1) is 9.27. The van der Waals surface area contributed by atoms with Crippen molar-refractivity contribution < 1.29 is 0 Å². The maximum Gasteiger partial charge on any atom is 0.330 e. The van der Waals surface area contributed by atoms with Gasteiger partial charge in [0.15, 0.2) is 5.65 Å². The van der Waals surface area contributed by atoms with E-state index in [9.17, 15) is 9.59 Å². The molecule has 0 aromatic carbocycles. The van der Waals surface area contributed by atoms with Gasteiger partial charge in [0.1, 0.15) is 11.3 Å². The van der Waals surface area contributed by atoms with Crippen molar-refractivity contribution >= 4 is 11.2 Å². The van der Waals surface area contributed by atoms with Crippen LogP contribution in [-0.2, 0) is 6.54 Å². The summed E-state index contributed by atoms with van der Waals surface area (Å²) in [5, 5.41) is 0. The molecule has 0 atom stereocenters. The van der Waals surface area contributed by atoms with E-state index in [1.54, 1.807) is 6.92 Å². The Morgan fingerprint density at radius 1 is 1.47 bits per heavy atom. The minimum Gasteiger partial charge on any atom is -0.336 e. The molecule has 0 bridgehead atoms. The molecule has 0 saturated carbocycles. The average molecular weight is 204 g/mol. The first-order valence-electron chi connectivity index (χ1n) is 4.26. The highest BCUT2D eigenvalue weighted by atomic mass is 16.2. The van der Waals surface area contributed by atoms with Crippen LogP contribution < -0.4 is 11.2 Å². The zero-order valence-corrected chi connectivity index (χ0v) is 8.00. The number of terminal acetylenes is 1. The number of nitrogens with zero attached hydrogens (tertiary/aromatic N) is 2. The highest BCUT2D eigenvalue weighted by molar-refractivity contribution is 5.68. The second-order valence-electron chi connectivity index (χ2n) is 3.07. The Kier molecular flexibility index (Phi) is 1.94. The Bertz CT molecular complexity index is 668. The fraction of sp³-hybridized carbons (Fsp3) is 0.222. The SMILES string of the molecule is C#CCn1c(=O)[nH]c2nc(C)[nH]c2c1=O. The molecular formula is C9H8N4O2. The Labute approximate surface area is 84.0 Å². The van der Waals surface area contributed by atoms with Gasteiger partial charge in [0.05, 0.1) is 6.54 Å². The topological polar surface area (TPSA) is 83.5 Å². The van der Waals surface area contributed by atoms with Crippen molar-refractivity contribution in [3.05, 3.63) is 26.7 Å². The number of aryl methyl sites for hydroxylation is 1. The van der Waals surface area contributed by atoms with Gasteiger partial charge >= 0.3 is 5.69 Å². The van der Waals surface area contributed by atoms with Crippen molar-refractivity contribution in [1.82, 2.24) is 19.5 Å². The molecule has 2 heterocycles. The monoisotopic (exact) mass is 204 g/mol. The Hall–Kier alpha value is -2.29. The molecule has 0 fully saturated rings. The van der Waals surface area contributed by atoms with Gasteiger partial charge in [-0.25, -0.2) is 14.3 Å². The third kappa shape index (κ3) is 1.34. The molecule has 0 spiro atoms. The summed E-state index contributed by atoms with van der Waals surface area (Å²) in [7, 11) is 0. The molecule has 0 radical (unpaired) electrons. The lowest BCUT2D eigenvalue weighted by Gasteiger charge is -1.97. The largest absolute Gasteiger partial charge is 0.336 e. The smallest absolute Gasteiger partial charge is 0.330 e. The number of aromatic amines is 2. The summed E-state index contributed by atoms with van der Waals surface area (Å²) in [6.07, 6.45) is 5.06. The number of imidazole rings is 1. The lowest BCUT2D eigenvalue weighted by molar-refractivity contribution is 0.739. The van der Waals surface area contributed by atoms with E-state index >= 15 is 0 Å². The maximum absolute atomic E-state index is 11.7. The van der Waals surface area contributed by atoms with Crippen LogP contribution in [0.5, 0.6) is 0 Å². The normalized spacial score (nSPS) is 10.4. The molecule has 0 amide bonds. The van der Waals surface area contributed by atoms with Crippen LogP contribution in [0.1, 0.15) is 5.82 Å². The van der Waals surface area contributed by atoms with Gasteiger partial charge in [0.25, 0.3) is 5.56 Å². The third-order valence-corrected chi connectivity index (χ3v) is 2.00. The Morgan fingerprint density at radius 2 is 2.20 bits per heavy atom. The predicted octanol–water partition coefficient (Wildman–Crippen LogP) is -0.645. The van der Waals surface area contributed by atoms with Crippen LogP contribution in [0.25, 0.3) is 11.2 Å². The number of hydrogen-bond acceptors (Lipinski definition) is 3. The van der Waals surface area contributed by atoms with E-state index in [4.69, 9.17) is 6.42 Å². The zero-order chi connectivity index (χ0) is 11.0. The minimum absolute atomic E-state index is 0.0534. The number of fused-ring (bicyclic) bond motifs is 1. The van der Waals surface area contributed by atoms with Gasteiger partial charge in [-0.15, -0.1) is 6.42 Å². The predicted molar refractivity (Wildman–Crippen MR) is 54.5 cm³/mol. The first-order chi connectivity index (χ1) is 7.13. The average Bonchev–Trinajstić information content (AvgIpc) is 2.53. The van der Waals surface area contributed by atoms with Gasteiger partial charge in [-0.05, 0) is 6.92 Å². The van der Waals surface area contributed by atoms with Crippen molar-refractivity contribution in [3.63, 3.8) is 0 Å². The zero-order valence-electron chi connectivity index (χ0n) is 8.00. The third-order valence-electron chi connectivity index (χ3n) is 2.00. The number of rotatable bonds is 1. The van der Waals surface area contributed by atoms with Crippen molar-refractivity contribution in [2.24, 2.45) is 0 Å². The maximum atomic E-state index is 11.7. The molecule has 2 aromatic heterocycles. The molecule has 0 aliphatic rings. The van der Waals surface area contributed by atoms with Crippen LogP contribution in [0, 0.1) is 19.3 Å². The van der Waals surface area contributed by atoms with Gasteiger partial charge in [-0.3, -0.25) is 9.78 Å². The molecule has 0 saturated heterocycles. The standard InChI is InChI=1S/C9H8N4O2/c1-3-4-13-8(14)6-7(12-9(13)15)11-5(2)10-6/h1H,4H2,2H3,(H,10,11)(H,12,15). The number of hydrogen-bond donors (Lipinski definition) is 2. The molecule has 76 valence electrons. The molecule has 0 unspecified atom stereocenters. The van der Waals surface area contributed by atoms with E-state index in [2.05, 4.69) is 20.9 Å². The van der Waals surface area contributed by atoms with E-state index < -0.39 is 11.2 Å². The van der Waals surface area contributed by atoms with Gasteiger partial charge in [0, 0.05) is 0 Å². The highest BCUT2D eigenvalue weighted by Gasteiger charge is 2.09. The Morgan fingerprint density at radius 3 is 2.87 bits per heavy atom. The first-order valence-corrected chi connectivity index (χ1v) is 4.26. The number of nitrogens with one attached hydrogen (secondary N) is 2. The van der Waals surface area contributed by atoms with Gasteiger partial charge in [-0.2, -0.15) is 0 Å². The molecule has 2 aromatic rings. The van der Waals surface area contributed by atoms with Crippen LogP contribution in [-0.4, -0.2) is 19.5 Å². The van der Waals surface area contributed by atoms with Crippen molar-refractivity contribution in [2.45, 2.75) is 13.5 Å². The molecule has 2 rings (SSSR count). The van der Waals surface area contributed by atoms with Crippen molar-refractivity contribution in [3.8, 4) is 12.3 Å². The van der Waals surface area contributed by atoms with E-state index in [1.807, 2.05) is 0 Å². The van der Waals surface area contributed by atoms with Gasteiger partial charge in [0.2, 0.25) is 0 Å². The molecule has 2 N–H and O–H groups in total. The van der Waals surface area contributed by atoms with Crippen LogP contribution in [0.3, 0.4) is 0 Å². The summed E-state index contributed by atoms with van der Waals surface area (Å²) in [5.74, 6) is 2.81. The lowest BCUT2D eigenvalue weighted by Crippen LogP contribution is -2.34. The number of aromatic nitrogens is 4. The fourth-order valence-electron chi connectivity index (χ4n) is 1.37. The van der Waals surface area contributed by atoms with Crippen LogP contribution in [0.2, 0.25) is 0 Å². The van der Waals surface area contributed by atoms with Gasteiger partial charge in [-0.1, -0.05) is 5.92 Å². The van der Waals surface area contributed by atoms with E-state index in [-0.39, 0.29) is 17.7 Å². The van der Waals surface area contributed by atoms with Crippen LogP contribution >= 0.6 is 0 Å². The highest BCUT2D eigenvalue weighted by Crippen LogP contribution is 1.99. The second-order valence-corrected chi connectivity index (χ2v) is 3.07. The molecule has 6 nitrogen and oxygen atoms in total. The van der Waals surface area contributed by atoms with Gasteiger partial charge < -0.3 is 4.98 Å². The van der Waals surface area contributed by atoms with Crippen molar-refractivity contribution in [2.75, 3.05) is 0 Å². The second kappa shape index (κ2) is 3.13. The van der Waals surface area contributed by atoms with Crippen LogP contribution in [0.15, 0.2) is 9.59 Å². The molecule has 6 heteroatoms. The lowest BCUT2D eigenvalue weighted by atomic mass is 10.5. The molecule has 15 heavy (non-hydrogen) atoms. The summed E-state index contributed by atoms with van der Waals surface area (Å²) in [5.41, 5.74) is -0.470. The summed E-state index contributed by atoms with van der Waals surface area (Å²) >= 11 is 0. The van der Waals surface area contributed by atoms with E-state index in [0.29, 0.717) is 5.82 Å². The van der Waals surface area contributed by atoms with E-state index in [0.717, 1.165) is 4.57 Å². The summed E-state index contributed by atoms with van der Waals surface area (Å²) < 4.78 is 0.944. The van der Waals surface area contributed by atoms with E-state index in [1.165, 1.54) is 0 Å². The van der Waals surface area contributed by atoms with Crippen molar-refractivity contribution in [1.29, 1.82) is 0 Å². The Balaban J connectivity index is 2.91. The quantitative estimate of drug-likeness (QED) is 0.606.